The minimum Gasteiger partial charge on any atom is -0.310 e. The van der Waals surface area contributed by atoms with Crippen LogP contribution in [-0.2, 0) is 5.41 Å². The van der Waals surface area contributed by atoms with Crippen molar-refractivity contribution >= 4 is 28.4 Å². The van der Waals surface area contributed by atoms with Gasteiger partial charge in [0.25, 0.3) is 0 Å². The highest BCUT2D eigenvalue weighted by Gasteiger charge is 2.53. The third kappa shape index (κ3) is 5.19. The largest absolute Gasteiger partial charge is 0.310 e. The number of nitrogens with zero attached hydrogens (tertiary/aromatic N) is 2. The fourth-order valence-corrected chi connectivity index (χ4v) is 9.70. The number of rotatable bonds is 6. The van der Waals surface area contributed by atoms with Crippen LogP contribution in [0.3, 0.4) is 0 Å². The molecule has 0 radical (unpaired) electrons. The lowest BCUT2D eigenvalue weighted by Gasteiger charge is -2.46. The first-order valence-corrected chi connectivity index (χ1v) is 20.2. The van der Waals surface area contributed by atoms with Crippen LogP contribution in [0.25, 0.3) is 33.4 Å². The monoisotopic (exact) mass is 740 g/mol. The van der Waals surface area contributed by atoms with E-state index >= 15 is 0 Å². The Morgan fingerprint density at radius 1 is 0.414 bits per heavy atom. The lowest BCUT2D eigenvalue weighted by Crippen LogP contribution is -2.39. The Morgan fingerprint density at radius 2 is 0.983 bits per heavy atom. The standard InChI is InChI=1S/C56H40N2/c1-5-20-40(21-6-1)41-36-38-44(39-37-41)57(51-32-17-14-26-45(51)42-22-7-2-8-23-42)54-35-19-28-47-46-27-13-15-29-48(46)56(55(47)54)49-30-11-4-12-33-52(49)58(43-24-9-3-10-25-43)53-34-18-16-31-50(53)56/h1-3,5-39H,4H2. The molecule has 0 saturated carbocycles. The van der Waals surface area contributed by atoms with Crippen molar-refractivity contribution in [2.45, 2.75) is 11.8 Å². The molecule has 2 nitrogen and oxygen atoms in total. The van der Waals surface area contributed by atoms with Crippen LogP contribution in [0.5, 0.6) is 0 Å². The molecule has 274 valence electrons. The third-order valence-corrected chi connectivity index (χ3v) is 12.1. The molecule has 8 aromatic rings. The molecule has 0 saturated heterocycles. The second-order valence-corrected chi connectivity index (χ2v) is 15.2. The summed E-state index contributed by atoms with van der Waals surface area (Å²) in [4.78, 5) is 4.99. The second kappa shape index (κ2) is 14.0. The quantitative estimate of drug-likeness (QED) is 0.167. The number of hydrogen-bond donors (Lipinski definition) is 0. The lowest BCUT2D eigenvalue weighted by molar-refractivity contribution is 0.738. The maximum Gasteiger partial charge on any atom is 0.0774 e. The molecule has 11 rings (SSSR count). The minimum atomic E-state index is -0.630. The number of benzene rings is 8. The van der Waals surface area contributed by atoms with E-state index in [9.17, 15) is 0 Å². The molecular formula is C56H40N2. The van der Waals surface area contributed by atoms with Crippen molar-refractivity contribution in [2.24, 2.45) is 0 Å². The summed E-state index contributed by atoms with van der Waals surface area (Å²) in [6.45, 7) is 0. The molecule has 0 aromatic heterocycles. The van der Waals surface area contributed by atoms with Crippen LogP contribution < -0.4 is 9.80 Å². The van der Waals surface area contributed by atoms with E-state index in [0.717, 1.165) is 29.2 Å². The molecule has 0 bridgehead atoms. The van der Waals surface area contributed by atoms with Crippen molar-refractivity contribution in [1.29, 1.82) is 0 Å². The Morgan fingerprint density at radius 3 is 1.76 bits per heavy atom. The summed E-state index contributed by atoms with van der Waals surface area (Å²) in [7, 11) is 0. The summed E-state index contributed by atoms with van der Waals surface area (Å²) in [6.07, 6.45) is 10.3. The van der Waals surface area contributed by atoms with Crippen LogP contribution in [0.1, 0.15) is 23.1 Å². The fraction of sp³-hybridized carbons (Fsp3) is 0.0357. The molecule has 2 heteroatoms. The van der Waals surface area contributed by atoms with E-state index in [4.69, 9.17) is 0 Å². The van der Waals surface area contributed by atoms with Crippen LogP contribution in [0.2, 0.25) is 0 Å². The first-order valence-electron chi connectivity index (χ1n) is 20.2. The van der Waals surface area contributed by atoms with Crippen LogP contribution >= 0.6 is 0 Å². The van der Waals surface area contributed by atoms with Crippen molar-refractivity contribution < 1.29 is 0 Å². The third-order valence-electron chi connectivity index (χ3n) is 12.1. The lowest BCUT2D eigenvalue weighted by atomic mass is 9.63. The summed E-state index contributed by atoms with van der Waals surface area (Å²) < 4.78 is 0. The summed E-state index contributed by atoms with van der Waals surface area (Å²) in [6, 6.07) is 75.5. The molecule has 1 aliphatic heterocycles. The zero-order valence-corrected chi connectivity index (χ0v) is 32.0. The summed E-state index contributed by atoms with van der Waals surface area (Å²) in [5.74, 6) is 0. The maximum atomic E-state index is 2.52. The van der Waals surface area contributed by atoms with E-state index in [1.54, 1.807) is 0 Å². The Balaban J connectivity index is 1.25. The van der Waals surface area contributed by atoms with Gasteiger partial charge in [-0.1, -0.05) is 182 Å². The van der Waals surface area contributed by atoms with E-state index in [0.29, 0.717) is 0 Å². The van der Waals surface area contributed by atoms with Gasteiger partial charge in [-0.05, 0) is 99.5 Å². The van der Waals surface area contributed by atoms with Crippen LogP contribution in [0.15, 0.2) is 242 Å². The zero-order chi connectivity index (χ0) is 38.5. The number of fused-ring (bicyclic) bond motifs is 8. The molecule has 2 aliphatic carbocycles. The van der Waals surface area contributed by atoms with Gasteiger partial charge in [0.15, 0.2) is 0 Å². The van der Waals surface area contributed by atoms with E-state index in [1.807, 2.05) is 0 Å². The normalized spacial score (nSPS) is 16.0. The van der Waals surface area contributed by atoms with E-state index in [-0.39, 0.29) is 0 Å². The van der Waals surface area contributed by atoms with Gasteiger partial charge in [-0.2, -0.15) is 0 Å². The Labute approximate surface area is 340 Å². The van der Waals surface area contributed by atoms with Crippen molar-refractivity contribution in [2.75, 3.05) is 9.80 Å². The molecule has 8 aromatic carbocycles. The first-order chi connectivity index (χ1) is 28.8. The topological polar surface area (TPSA) is 6.48 Å². The molecule has 0 amide bonds. The highest BCUT2D eigenvalue weighted by atomic mass is 15.2. The number of para-hydroxylation sites is 3. The molecule has 1 spiro atoms. The average Bonchev–Trinajstić information content (AvgIpc) is 3.39. The van der Waals surface area contributed by atoms with Gasteiger partial charge in [0.05, 0.1) is 28.2 Å². The Hall–Kier alpha value is -7.42. The van der Waals surface area contributed by atoms with Crippen molar-refractivity contribution in [3.8, 4) is 33.4 Å². The summed E-state index contributed by atoms with van der Waals surface area (Å²) in [5.41, 5.74) is 18.7. The van der Waals surface area contributed by atoms with Crippen LogP contribution in [0, 0.1) is 0 Å². The molecule has 3 aliphatic rings. The van der Waals surface area contributed by atoms with E-state index < -0.39 is 5.41 Å². The molecular weight excluding hydrogens is 701 g/mol. The van der Waals surface area contributed by atoms with Gasteiger partial charge >= 0.3 is 0 Å². The Kier molecular flexibility index (Phi) is 8.15. The first kappa shape index (κ1) is 33.9. The smallest absolute Gasteiger partial charge is 0.0774 e. The summed E-state index contributed by atoms with van der Waals surface area (Å²) >= 11 is 0. The molecule has 58 heavy (non-hydrogen) atoms. The molecule has 0 fully saturated rings. The van der Waals surface area contributed by atoms with Crippen molar-refractivity contribution in [1.82, 2.24) is 0 Å². The van der Waals surface area contributed by atoms with Crippen LogP contribution in [-0.4, -0.2) is 0 Å². The fourth-order valence-electron chi connectivity index (χ4n) is 9.70. The zero-order valence-electron chi connectivity index (χ0n) is 32.0. The van der Waals surface area contributed by atoms with Gasteiger partial charge in [-0.15, -0.1) is 0 Å². The average molecular weight is 741 g/mol. The SMILES string of the molecule is C1=CC2=C(C=CC1)C1(c3ccccc3-c3cccc(N(c4ccc(-c5ccccc5)cc4)c4ccccc4-c4ccccc4)c31)c1ccccc1N2c1ccccc1. The van der Waals surface area contributed by atoms with Crippen LogP contribution in [0.4, 0.5) is 28.4 Å². The van der Waals surface area contributed by atoms with Gasteiger partial charge in [-0.3, -0.25) is 0 Å². The van der Waals surface area contributed by atoms with E-state index in [1.165, 1.54) is 67.0 Å². The molecule has 1 unspecified atom stereocenters. The summed E-state index contributed by atoms with van der Waals surface area (Å²) in [5, 5.41) is 0. The predicted molar refractivity (Wildman–Crippen MR) is 242 cm³/mol. The van der Waals surface area contributed by atoms with Crippen molar-refractivity contribution in [3.63, 3.8) is 0 Å². The molecule has 1 atom stereocenters. The van der Waals surface area contributed by atoms with Gasteiger partial charge in [0.2, 0.25) is 0 Å². The number of allylic oxidation sites excluding steroid dienone is 5. The highest BCUT2D eigenvalue weighted by molar-refractivity contribution is 5.99. The maximum absolute atomic E-state index is 2.52. The van der Waals surface area contributed by atoms with Gasteiger partial charge in [0.1, 0.15) is 0 Å². The Bertz CT molecular complexity index is 2910. The van der Waals surface area contributed by atoms with Gasteiger partial charge in [-0.25, -0.2) is 0 Å². The molecule has 0 N–H and O–H groups in total. The van der Waals surface area contributed by atoms with Gasteiger partial charge in [0, 0.05) is 22.5 Å². The molecule has 1 heterocycles. The van der Waals surface area contributed by atoms with Crippen molar-refractivity contribution in [3.05, 3.63) is 259 Å². The number of hydrogen-bond acceptors (Lipinski definition) is 2. The van der Waals surface area contributed by atoms with E-state index in [2.05, 4.69) is 240 Å². The predicted octanol–water partition coefficient (Wildman–Crippen LogP) is 14.7. The minimum absolute atomic E-state index is 0.630. The number of anilines is 5. The second-order valence-electron chi connectivity index (χ2n) is 15.2. The van der Waals surface area contributed by atoms with Gasteiger partial charge < -0.3 is 9.80 Å². The highest BCUT2D eigenvalue weighted by Crippen LogP contribution is 2.65.